The van der Waals surface area contributed by atoms with E-state index in [-0.39, 0.29) is 5.91 Å². The first-order chi connectivity index (χ1) is 13.3. The number of nitrogens with one attached hydrogen (secondary N) is 1. The molecule has 2 aromatic carbocycles. The molecule has 142 valence electrons. The zero-order valence-electron chi connectivity index (χ0n) is 15.9. The van der Waals surface area contributed by atoms with Gasteiger partial charge in [0.05, 0.1) is 6.54 Å². The van der Waals surface area contributed by atoms with Gasteiger partial charge in [-0.1, -0.05) is 42.5 Å². The molecule has 27 heavy (non-hydrogen) atoms. The quantitative estimate of drug-likeness (QED) is 0.854. The normalized spacial score (nSPS) is 20.1. The molecule has 1 atom stereocenters. The molecule has 2 saturated heterocycles. The van der Waals surface area contributed by atoms with Crippen molar-refractivity contribution >= 4 is 11.6 Å². The minimum Gasteiger partial charge on any atom is -0.372 e. The van der Waals surface area contributed by atoms with E-state index in [9.17, 15) is 4.79 Å². The van der Waals surface area contributed by atoms with Gasteiger partial charge in [-0.15, -0.1) is 0 Å². The number of carbonyl (C=O) groups excluding carboxylic acids is 1. The molecule has 0 radical (unpaired) electrons. The van der Waals surface area contributed by atoms with Crippen LogP contribution in [0.2, 0.25) is 0 Å². The van der Waals surface area contributed by atoms with Crippen LogP contribution < -0.4 is 10.2 Å². The van der Waals surface area contributed by atoms with E-state index in [1.165, 1.54) is 24.1 Å². The van der Waals surface area contributed by atoms with E-state index in [0.717, 1.165) is 38.2 Å². The Morgan fingerprint density at radius 1 is 0.963 bits per heavy atom. The summed E-state index contributed by atoms with van der Waals surface area (Å²) in [6.07, 6.45) is 3.72. The van der Waals surface area contributed by atoms with Crippen LogP contribution in [0.3, 0.4) is 0 Å². The highest BCUT2D eigenvalue weighted by Gasteiger charge is 2.24. The molecule has 2 aliphatic rings. The zero-order valence-corrected chi connectivity index (χ0v) is 15.9. The van der Waals surface area contributed by atoms with Crippen LogP contribution in [-0.4, -0.2) is 43.5 Å². The average Bonchev–Trinajstić information content (AvgIpc) is 3.40. The predicted octanol–water partition coefficient (Wildman–Crippen LogP) is 3.39. The second-order valence-electron chi connectivity index (χ2n) is 7.77. The molecule has 4 nitrogen and oxygen atoms in total. The van der Waals surface area contributed by atoms with Crippen LogP contribution in [0.25, 0.3) is 0 Å². The number of rotatable bonds is 6. The summed E-state index contributed by atoms with van der Waals surface area (Å²) in [4.78, 5) is 17.0. The van der Waals surface area contributed by atoms with Gasteiger partial charge in [-0.2, -0.15) is 0 Å². The van der Waals surface area contributed by atoms with Gasteiger partial charge < -0.3 is 10.2 Å². The first-order valence-corrected chi connectivity index (χ1v) is 10.2. The largest absolute Gasteiger partial charge is 0.372 e. The molecule has 2 heterocycles. The zero-order chi connectivity index (χ0) is 18.5. The Labute approximate surface area is 162 Å². The lowest BCUT2D eigenvalue weighted by atomic mass is 9.99. The van der Waals surface area contributed by atoms with Gasteiger partial charge in [-0.05, 0) is 55.0 Å². The highest BCUT2D eigenvalue weighted by Crippen LogP contribution is 2.26. The molecule has 2 aromatic rings. The maximum Gasteiger partial charge on any atom is 0.234 e. The minimum atomic E-state index is 0.118. The van der Waals surface area contributed by atoms with Crippen molar-refractivity contribution in [2.45, 2.75) is 31.7 Å². The number of hydrogen-bond acceptors (Lipinski definition) is 3. The standard InChI is InChI=1S/C23H29N3O/c27-23(18-25-15-12-21(17-25)20-6-2-1-3-7-20)24-16-19-8-10-22(11-9-19)26-13-4-5-14-26/h1-3,6-11,21H,4-5,12-18H2,(H,24,27)/t21-/m1/s1. The maximum absolute atomic E-state index is 12.3. The van der Waals surface area contributed by atoms with Gasteiger partial charge in [0.15, 0.2) is 0 Å². The smallest absolute Gasteiger partial charge is 0.234 e. The molecule has 0 aliphatic carbocycles. The molecule has 4 rings (SSSR count). The molecule has 2 aliphatic heterocycles. The van der Waals surface area contributed by atoms with Crippen LogP contribution in [0.15, 0.2) is 54.6 Å². The molecule has 0 unspecified atom stereocenters. The minimum absolute atomic E-state index is 0.118. The average molecular weight is 364 g/mol. The van der Waals surface area contributed by atoms with Crippen molar-refractivity contribution in [2.24, 2.45) is 0 Å². The molecule has 2 fully saturated rings. The van der Waals surface area contributed by atoms with Crippen molar-refractivity contribution in [1.29, 1.82) is 0 Å². The lowest BCUT2D eigenvalue weighted by molar-refractivity contribution is -0.122. The molecule has 0 saturated carbocycles. The van der Waals surface area contributed by atoms with Gasteiger partial charge in [0.2, 0.25) is 5.91 Å². The summed E-state index contributed by atoms with van der Waals surface area (Å²) in [7, 11) is 0. The van der Waals surface area contributed by atoms with Gasteiger partial charge in [0, 0.05) is 31.9 Å². The first-order valence-electron chi connectivity index (χ1n) is 10.2. The van der Waals surface area contributed by atoms with E-state index < -0.39 is 0 Å². The molecule has 0 bridgehead atoms. The van der Waals surface area contributed by atoms with E-state index in [0.29, 0.717) is 19.0 Å². The molecule has 1 amide bonds. The summed E-state index contributed by atoms with van der Waals surface area (Å²) in [6, 6.07) is 19.3. The van der Waals surface area contributed by atoms with Gasteiger partial charge in [0.25, 0.3) is 0 Å². The van der Waals surface area contributed by atoms with E-state index >= 15 is 0 Å². The van der Waals surface area contributed by atoms with Gasteiger partial charge in [0.1, 0.15) is 0 Å². The number of anilines is 1. The van der Waals surface area contributed by atoms with Crippen molar-refractivity contribution in [3.05, 3.63) is 65.7 Å². The van der Waals surface area contributed by atoms with Crippen molar-refractivity contribution in [1.82, 2.24) is 10.2 Å². The van der Waals surface area contributed by atoms with Crippen molar-refractivity contribution in [2.75, 3.05) is 37.6 Å². The predicted molar refractivity (Wildman–Crippen MR) is 110 cm³/mol. The third-order valence-corrected chi connectivity index (χ3v) is 5.81. The second-order valence-corrected chi connectivity index (χ2v) is 7.77. The molecular formula is C23H29N3O. The van der Waals surface area contributed by atoms with E-state index in [1.807, 2.05) is 0 Å². The lowest BCUT2D eigenvalue weighted by Crippen LogP contribution is -2.35. The van der Waals surface area contributed by atoms with Crippen LogP contribution in [0.5, 0.6) is 0 Å². The Hall–Kier alpha value is -2.33. The van der Waals surface area contributed by atoms with Crippen LogP contribution in [0, 0.1) is 0 Å². The molecule has 0 spiro atoms. The lowest BCUT2D eigenvalue weighted by Gasteiger charge is -2.18. The summed E-state index contributed by atoms with van der Waals surface area (Å²) < 4.78 is 0. The van der Waals surface area contributed by atoms with Crippen molar-refractivity contribution in [3.8, 4) is 0 Å². The van der Waals surface area contributed by atoms with Crippen LogP contribution in [-0.2, 0) is 11.3 Å². The highest BCUT2D eigenvalue weighted by molar-refractivity contribution is 5.78. The van der Waals surface area contributed by atoms with Crippen LogP contribution >= 0.6 is 0 Å². The molecule has 1 N–H and O–H groups in total. The third kappa shape index (κ3) is 4.69. The summed E-state index contributed by atoms with van der Waals surface area (Å²) >= 11 is 0. The number of benzene rings is 2. The van der Waals surface area contributed by atoms with Gasteiger partial charge in [-0.25, -0.2) is 0 Å². The maximum atomic E-state index is 12.3. The van der Waals surface area contributed by atoms with Gasteiger partial charge in [-0.3, -0.25) is 9.69 Å². The Morgan fingerprint density at radius 3 is 2.44 bits per heavy atom. The van der Waals surface area contributed by atoms with Crippen LogP contribution in [0.1, 0.15) is 36.3 Å². The summed E-state index contributed by atoms with van der Waals surface area (Å²) in [5.41, 5.74) is 3.85. The fourth-order valence-electron chi connectivity index (χ4n) is 4.23. The number of nitrogens with zero attached hydrogens (tertiary/aromatic N) is 2. The summed E-state index contributed by atoms with van der Waals surface area (Å²) in [5.74, 6) is 0.671. The number of hydrogen-bond donors (Lipinski definition) is 1. The van der Waals surface area contributed by atoms with E-state index in [2.05, 4.69) is 69.7 Å². The summed E-state index contributed by atoms with van der Waals surface area (Å²) in [5, 5.41) is 3.08. The second kappa shape index (κ2) is 8.57. The van der Waals surface area contributed by atoms with E-state index in [1.54, 1.807) is 0 Å². The van der Waals surface area contributed by atoms with Gasteiger partial charge >= 0.3 is 0 Å². The Balaban J connectivity index is 1.22. The monoisotopic (exact) mass is 363 g/mol. The Bertz CT molecular complexity index is 738. The Kier molecular flexibility index (Phi) is 5.73. The number of carbonyl (C=O) groups is 1. The molecule has 4 heteroatoms. The molecular weight excluding hydrogens is 334 g/mol. The van der Waals surface area contributed by atoms with Crippen LogP contribution in [0.4, 0.5) is 5.69 Å². The van der Waals surface area contributed by atoms with Crippen molar-refractivity contribution in [3.63, 3.8) is 0 Å². The fourth-order valence-corrected chi connectivity index (χ4v) is 4.23. The number of amides is 1. The third-order valence-electron chi connectivity index (χ3n) is 5.81. The first kappa shape index (κ1) is 18.1. The summed E-state index contributed by atoms with van der Waals surface area (Å²) in [6.45, 7) is 5.40. The number of likely N-dealkylation sites (tertiary alicyclic amines) is 1. The topological polar surface area (TPSA) is 35.6 Å². The molecule has 0 aromatic heterocycles. The SMILES string of the molecule is O=C(CN1CC[C@@H](c2ccccc2)C1)NCc1ccc(N2CCCC2)cc1. The fraction of sp³-hybridized carbons (Fsp3) is 0.435. The highest BCUT2D eigenvalue weighted by atomic mass is 16.2. The Morgan fingerprint density at radius 2 is 1.70 bits per heavy atom. The van der Waals surface area contributed by atoms with E-state index in [4.69, 9.17) is 0 Å². The van der Waals surface area contributed by atoms with Crippen molar-refractivity contribution < 1.29 is 4.79 Å².